The Morgan fingerprint density at radius 3 is 2.24 bits per heavy atom. The van der Waals surface area contributed by atoms with Crippen LogP contribution in [-0.2, 0) is 5.41 Å². The Balaban J connectivity index is 1.52. The van der Waals surface area contributed by atoms with Gasteiger partial charge in [-0.15, -0.1) is 0 Å². The quantitative estimate of drug-likeness (QED) is 0.765. The third-order valence-electron chi connectivity index (χ3n) is 5.30. The standard InChI is InChI=1S/C19H29F2N5O3/c1-18(2,3)14-13-15(23-29-14)22-16(27)24-7-4-8-25(12-11-24)17(28)26-9-5-19(20,21)6-10-26/h13H,4-12H2,1-3H3,(H,22,23,27). The van der Waals surface area contributed by atoms with Gasteiger partial charge in [0.25, 0.3) is 5.92 Å². The highest BCUT2D eigenvalue weighted by Crippen LogP contribution is 2.28. The molecule has 162 valence electrons. The molecule has 0 saturated carbocycles. The van der Waals surface area contributed by atoms with E-state index in [1.807, 2.05) is 20.8 Å². The van der Waals surface area contributed by atoms with Crippen LogP contribution in [0.25, 0.3) is 0 Å². The van der Waals surface area contributed by atoms with E-state index in [0.717, 1.165) is 0 Å². The molecular formula is C19H29F2N5O3. The van der Waals surface area contributed by atoms with Gasteiger partial charge in [-0.3, -0.25) is 5.32 Å². The summed E-state index contributed by atoms with van der Waals surface area (Å²) in [5, 5.41) is 6.62. The molecule has 0 aliphatic carbocycles. The molecule has 0 atom stereocenters. The first-order valence-corrected chi connectivity index (χ1v) is 10.00. The summed E-state index contributed by atoms with van der Waals surface area (Å²) in [6, 6.07) is 1.18. The molecule has 1 N–H and O–H groups in total. The number of carbonyl (C=O) groups excluding carboxylic acids is 2. The maximum absolute atomic E-state index is 13.3. The van der Waals surface area contributed by atoms with E-state index in [4.69, 9.17) is 4.52 Å². The fourth-order valence-electron chi connectivity index (χ4n) is 3.41. The van der Waals surface area contributed by atoms with E-state index in [9.17, 15) is 18.4 Å². The number of anilines is 1. The lowest BCUT2D eigenvalue weighted by Gasteiger charge is -2.35. The molecule has 0 aromatic carbocycles. The number of halogens is 2. The average Bonchev–Trinajstić information content (AvgIpc) is 2.97. The largest absolute Gasteiger partial charge is 0.359 e. The third-order valence-corrected chi connectivity index (χ3v) is 5.30. The highest BCUT2D eigenvalue weighted by atomic mass is 19.3. The van der Waals surface area contributed by atoms with Crippen molar-refractivity contribution in [2.24, 2.45) is 0 Å². The lowest BCUT2D eigenvalue weighted by Crippen LogP contribution is -2.50. The Morgan fingerprint density at radius 2 is 1.62 bits per heavy atom. The van der Waals surface area contributed by atoms with Crippen molar-refractivity contribution in [2.45, 2.75) is 51.4 Å². The van der Waals surface area contributed by atoms with Crippen molar-refractivity contribution in [1.82, 2.24) is 19.9 Å². The summed E-state index contributed by atoms with van der Waals surface area (Å²) >= 11 is 0. The molecule has 1 aromatic rings. The number of hydrogen-bond acceptors (Lipinski definition) is 4. The lowest BCUT2D eigenvalue weighted by molar-refractivity contribution is -0.0490. The predicted octanol–water partition coefficient (Wildman–Crippen LogP) is 3.36. The Bertz CT molecular complexity index is 736. The lowest BCUT2D eigenvalue weighted by atomic mass is 9.93. The van der Waals surface area contributed by atoms with Crippen LogP contribution in [0.1, 0.15) is 45.8 Å². The molecule has 2 aliphatic rings. The van der Waals surface area contributed by atoms with E-state index < -0.39 is 5.92 Å². The first-order valence-electron chi connectivity index (χ1n) is 10.00. The second-order valence-electron chi connectivity index (χ2n) is 8.71. The van der Waals surface area contributed by atoms with Crippen LogP contribution in [0.4, 0.5) is 24.2 Å². The normalized spacial score (nSPS) is 20.4. The van der Waals surface area contributed by atoms with E-state index in [1.54, 1.807) is 15.9 Å². The SMILES string of the molecule is CC(C)(C)c1cc(NC(=O)N2CCCN(C(=O)N3CCC(F)(F)CC3)CC2)no1. The second kappa shape index (κ2) is 8.16. The minimum Gasteiger partial charge on any atom is -0.359 e. The number of nitrogens with zero attached hydrogens (tertiary/aromatic N) is 4. The highest BCUT2D eigenvalue weighted by Gasteiger charge is 2.37. The van der Waals surface area contributed by atoms with Crippen LogP contribution < -0.4 is 5.32 Å². The molecule has 0 unspecified atom stereocenters. The molecule has 2 fully saturated rings. The van der Waals surface area contributed by atoms with Crippen LogP contribution in [-0.4, -0.2) is 77.1 Å². The number of carbonyl (C=O) groups is 2. The third kappa shape index (κ3) is 5.36. The molecule has 10 heteroatoms. The van der Waals surface area contributed by atoms with Crippen molar-refractivity contribution in [3.63, 3.8) is 0 Å². The van der Waals surface area contributed by atoms with Gasteiger partial charge in [-0.1, -0.05) is 25.9 Å². The van der Waals surface area contributed by atoms with E-state index in [2.05, 4.69) is 10.5 Å². The zero-order valence-electron chi connectivity index (χ0n) is 17.2. The number of likely N-dealkylation sites (tertiary alicyclic amines) is 1. The topological polar surface area (TPSA) is 81.9 Å². The van der Waals surface area contributed by atoms with Crippen LogP contribution >= 0.6 is 0 Å². The van der Waals surface area contributed by atoms with Crippen molar-refractivity contribution < 1.29 is 22.9 Å². The minimum absolute atomic E-state index is 0.0643. The smallest absolute Gasteiger partial charge is 0.323 e. The highest BCUT2D eigenvalue weighted by molar-refractivity contribution is 5.88. The molecule has 2 saturated heterocycles. The summed E-state index contributed by atoms with van der Waals surface area (Å²) in [4.78, 5) is 30.0. The fourth-order valence-corrected chi connectivity index (χ4v) is 3.41. The number of hydrogen-bond donors (Lipinski definition) is 1. The Labute approximate surface area is 169 Å². The van der Waals surface area contributed by atoms with Crippen LogP contribution in [0.15, 0.2) is 10.6 Å². The van der Waals surface area contributed by atoms with Gasteiger partial charge in [-0.25, -0.2) is 18.4 Å². The van der Waals surface area contributed by atoms with E-state index in [1.165, 1.54) is 4.90 Å². The first kappa shape index (κ1) is 21.3. The molecular weight excluding hydrogens is 384 g/mol. The van der Waals surface area contributed by atoms with E-state index >= 15 is 0 Å². The molecule has 0 radical (unpaired) electrons. The second-order valence-corrected chi connectivity index (χ2v) is 8.71. The zero-order valence-corrected chi connectivity index (χ0v) is 17.2. The van der Waals surface area contributed by atoms with E-state index in [0.29, 0.717) is 44.2 Å². The first-order chi connectivity index (χ1) is 13.5. The number of piperidine rings is 1. The van der Waals surface area contributed by atoms with Gasteiger partial charge in [-0.2, -0.15) is 0 Å². The number of alkyl halides is 2. The monoisotopic (exact) mass is 413 g/mol. The zero-order chi connectivity index (χ0) is 21.2. The van der Waals surface area contributed by atoms with Gasteiger partial charge in [-0.05, 0) is 6.42 Å². The Morgan fingerprint density at radius 1 is 1.03 bits per heavy atom. The maximum atomic E-state index is 13.3. The predicted molar refractivity (Wildman–Crippen MR) is 103 cm³/mol. The molecule has 29 heavy (non-hydrogen) atoms. The average molecular weight is 413 g/mol. The van der Waals surface area contributed by atoms with Gasteiger partial charge in [0.05, 0.1) is 0 Å². The summed E-state index contributed by atoms with van der Waals surface area (Å²) in [6.07, 6.45) is 0.0277. The van der Waals surface area contributed by atoms with Crippen molar-refractivity contribution >= 4 is 17.9 Å². The van der Waals surface area contributed by atoms with Crippen molar-refractivity contribution in [3.05, 3.63) is 11.8 Å². The summed E-state index contributed by atoms with van der Waals surface area (Å²) in [6.45, 7) is 7.82. The molecule has 2 aliphatic heterocycles. The van der Waals surface area contributed by atoms with E-state index in [-0.39, 0.29) is 43.4 Å². The summed E-state index contributed by atoms with van der Waals surface area (Å²) < 4.78 is 31.9. The number of nitrogens with one attached hydrogen (secondary N) is 1. The van der Waals surface area contributed by atoms with Crippen molar-refractivity contribution in [1.29, 1.82) is 0 Å². The van der Waals surface area contributed by atoms with Crippen LogP contribution in [0.5, 0.6) is 0 Å². The van der Waals surface area contributed by atoms with Crippen LogP contribution in [0.3, 0.4) is 0 Å². The van der Waals surface area contributed by atoms with Crippen LogP contribution in [0, 0.1) is 0 Å². The molecule has 3 rings (SSSR count). The summed E-state index contributed by atoms with van der Waals surface area (Å²) in [5.74, 6) is -1.66. The summed E-state index contributed by atoms with van der Waals surface area (Å²) in [7, 11) is 0. The molecule has 1 aromatic heterocycles. The van der Waals surface area contributed by atoms with Gasteiger partial charge >= 0.3 is 12.1 Å². The number of urea groups is 2. The molecule has 4 amide bonds. The molecule has 0 spiro atoms. The van der Waals surface area contributed by atoms with Crippen molar-refractivity contribution in [2.75, 3.05) is 44.6 Å². The fraction of sp³-hybridized carbons (Fsp3) is 0.737. The number of amides is 4. The molecule has 0 bridgehead atoms. The minimum atomic E-state index is -2.68. The molecule has 3 heterocycles. The number of rotatable bonds is 1. The van der Waals surface area contributed by atoms with Crippen molar-refractivity contribution in [3.8, 4) is 0 Å². The van der Waals surface area contributed by atoms with Crippen LogP contribution in [0.2, 0.25) is 0 Å². The maximum Gasteiger partial charge on any atom is 0.323 e. The van der Waals surface area contributed by atoms with Gasteiger partial charge in [0, 0.05) is 63.6 Å². The summed E-state index contributed by atoms with van der Waals surface area (Å²) in [5.41, 5.74) is -0.210. The van der Waals surface area contributed by atoms with Gasteiger partial charge in [0.2, 0.25) is 0 Å². The number of aromatic nitrogens is 1. The van der Waals surface area contributed by atoms with Gasteiger partial charge in [0.1, 0.15) is 5.76 Å². The molecule has 8 nitrogen and oxygen atoms in total. The Hall–Kier alpha value is -2.39. The van der Waals surface area contributed by atoms with Gasteiger partial charge in [0.15, 0.2) is 5.82 Å². The van der Waals surface area contributed by atoms with Gasteiger partial charge < -0.3 is 19.2 Å². The Kier molecular flexibility index (Phi) is 6.00.